The van der Waals surface area contributed by atoms with E-state index in [0.717, 1.165) is 32.2 Å². The Morgan fingerprint density at radius 2 is 2.18 bits per heavy atom. The van der Waals surface area contributed by atoms with Crippen LogP contribution in [0.25, 0.3) is 0 Å². The number of hydrogen-bond donors (Lipinski definition) is 1. The number of hydrogen-bond acceptors (Lipinski definition) is 2. The van der Waals surface area contributed by atoms with E-state index in [1.165, 1.54) is 11.1 Å². The predicted molar refractivity (Wildman–Crippen MR) is 87.5 cm³/mol. The van der Waals surface area contributed by atoms with Crippen LogP contribution < -0.4 is 5.32 Å². The van der Waals surface area contributed by atoms with E-state index in [0.29, 0.717) is 13.0 Å². The summed E-state index contributed by atoms with van der Waals surface area (Å²) in [6, 6.07) is 8.05. The van der Waals surface area contributed by atoms with Crippen LogP contribution in [0.5, 0.6) is 0 Å². The van der Waals surface area contributed by atoms with Crippen LogP contribution in [0.3, 0.4) is 0 Å². The summed E-state index contributed by atoms with van der Waals surface area (Å²) in [5, 5.41) is 2.99. The first-order valence-corrected chi connectivity index (χ1v) is 8.24. The topological polar surface area (TPSA) is 49.4 Å². The van der Waals surface area contributed by atoms with Gasteiger partial charge in [0, 0.05) is 19.5 Å². The lowest BCUT2D eigenvalue weighted by Gasteiger charge is -2.23. The van der Waals surface area contributed by atoms with Gasteiger partial charge in [-0.05, 0) is 38.2 Å². The molecule has 2 rings (SSSR count). The van der Waals surface area contributed by atoms with Gasteiger partial charge < -0.3 is 10.2 Å². The van der Waals surface area contributed by atoms with Gasteiger partial charge in [-0.2, -0.15) is 0 Å². The largest absolute Gasteiger partial charge is 0.354 e. The number of carbonyl (C=O) groups is 2. The molecule has 2 amide bonds. The normalized spacial score (nSPS) is 17.5. The first-order chi connectivity index (χ1) is 10.6. The molecule has 1 aliphatic heterocycles. The van der Waals surface area contributed by atoms with Gasteiger partial charge in [-0.3, -0.25) is 9.59 Å². The second-order valence-corrected chi connectivity index (χ2v) is 6.03. The fourth-order valence-corrected chi connectivity index (χ4v) is 3.01. The molecule has 1 atom stereocenters. The van der Waals surface area contributed by atoms with Crippen molar-refractivity contribution in [1.29, 1.82) is 0 Å². The van der Waals surface area contributed by atoms with E-state index in [4.69, 9.17) is 0 Å². The number of rotatable bonds is 6. The molecule has 120 valence electrons. The number of carbonyl (C=O) groups excluding carboxylic acids is 2. The van der Waals surface area contributed by atoms with Crippen molar-refractivity contribution in [1.82, 2.24) is 10.2 Å². The van der Waals surface area contributed by atoms with E-state index < -0.39 is 0 Å². The quantitative estimate of drug-likeness (QED) is 0.877. The highest BCUT2D eigenvalue weighted by atomic mass is 16.2. The molecule has 0 aliphatic carbocycles. The van der Waals surface area contributed by atoms with Crippen molar-refractivity contribution in [3.05, 3.63) is 35.4 Å². The molecular weight excluding hydrogens is 276 g/mol. The van der Waals surface area contributed by atoms with E-state index in [1.807, 2.05) is 13.0 Å². The highest BCUT2D eigenvalue weighted by molar-refractivity contribution is 5.88. The Labute approximate surface area is 132 Å². The number of amides is 2. The zero-order valence-corrected chi connectivity index (χ0v) is 13.6. The molecule has 0 radical (unpaired) electrons. The maximum atomic E-state index is 12.3. The van der Waals surface area contributed by atoms with Crippen molar-refractivity contribution < 1.29 is 9.59 Å². The molecular formula is C18H26N2O2. The molecule has 4 heteroatoms. The van der Waals surface area contributed by atoms with Gasteiger partial charge in [0.15, 0.2) is 0 Å². The minimum absolute atomic E-state index is 0.00499. The second kappa shape index (κ2) is 7.97. The second-order valence-electron chi connectivity index (χ2n) is 6.03. The van der Waals surface area contributed by atoms with Crippen molar-refractivity contribution in [3.8, 4) is 0 Å². The highest BCUT2D eigenvalue weighted by Gasteiger charge is 2.33. The van der Waals surface area contributed by atoms with Crippen LogP contribution in [-0.4, -0.2) is 35.8 Å². The molecule has 1 aliphatic rings. The molecule has 1 heterocycles. The molecule has 0 saturated carbocycles. The highest BCUT2D eigenvalue weighted by Crippen LogP contribution is 2.18. The SMILES string of the molecule is CCCC(=O)N1CCC[C@@H]1C(=O)NCCc1cccc(C)c1. The summed E-state index contributed by atoms with van der Waals surface area (Å²) in [4.78, 5) is 26.1. The van der Waals surface area contributed by atoms with Crippen molar-refractivity contribution in [2.24, 2.45) is 0 Å². The molecule has 0 aromatic heterocycles. The summed E-state index contributed by atoms with van der Waals surface area (Å²) in [5.41, 5.74) is 2.46. The third-order valence-corrected chi connectivity index (χ3v) is 4.14. The van der Waals surface area contributed by atoms with Crippen LogP contribution in [0.4, 0.5) is 0 Å². The van der Waals surface area contributed by atoms with E-state index in [1.54, 1.807) is 4.90 Å². The van der Waals surface area contributed by atoms with Crippen molar-refractivity contribution >= 4 is 11.8 Å². The number of nitrogens with one attached hydrogen (secondary N) is 1. The van der Waals surface area contributed by atoms with Gasteiger partial charge in [0.1, 0.15) is 6.04 Å². The molecule has 1 aromatic carbocycles. The average molecular weight is 302 g/mol. The Morgan fingerprint density at radius 1 is 1.36 bits per heavy atom. The first-order valence-electron chi connectivity index (χ1n) is 8.24. The van der Waals surface area contributed by atoms with Crippen LogP contribution in [0.15, 0.2) is 24.3 Å². The van der Waals surface area contributed by atoms with Gasteiger partial charge >= 0.3 is 0 Å². The molecule has 1 fully saturated rings. The zero-order chi connectivity index (χ0) is 15.9. The molecule has 0 spiro atoms. The van der Waals surface area contributed by atoms with Gasteiger partial charge in [0.05, 0.1) is 0 Å². The van der Waals surface area contributed by atoms with Crippen LogP contribution in [0.1, 0.15) is 43.7 Å². The lowest BCUT2D eigenvalue weighted by atomic mass is 10.1. The lowest BCUT2D eigenvalue weighted by Crippen LogP contribution is -2.46. The maximum absolute atomic E-state index is 12.3. The van der Waals surface area contributed by atoms with E-state index in [9.17, 15) is 9.59 Å². The Bertz CT molecular complexity index is 528. The summed E-state index contributed by atoms with van der Waals surface area (Å²) in [5.74, 6) is 0.105. The van der Waals surface area contributed by atoms with Crippen LogP contribution in [-0.2, 0) is 16.0 Å². The molecule has 1 saturated heterocycles. The molecule has 1 aromatic rings. The zero-order valence-electron chi connectivity index (χ0n) is 13.6. The molecule has 0 bridgehead atoms. The number of aryl methyl sites for hydroxylation is 1. The summed E-state index contributed by atoms with van der Waals surface area (Å²) < 4.78 is 0. The summed E-state index contributed by atoms with van der Waals surface area (Å²) >= 11 is 0. The maximum Gasteiger partial charge on any atom is 0.242 e. The lowest BCUT2D eigenvalue weighted by molar-refractivity contribution is -0.138. The number of nitrogens with zero attached hydrogens (tertiary/aromatic N) is 1. The Morgan fingerprint density at radius 3 is 2.91 bits per heavy atom. The molecule has 1 N–H and O–H groups in total. The van der Waals surface area contributed by atoms with Gasteiger partial charge in [0.2, 0.25) is 11.8 Å². The molecule has 4 nitrogen and oxygen atoms in total. The van der Waals surface area contributed by atoms with Crippen LogP contribution in [0, 0.1) is 6.92 Å². The number of benzene rings is 1. The Hall–Kier alpha value is -1.84. The van der Waals surface area contributed by atoms with Crippen molar-refractivity contribution in [3.63, 3.8) is 0 Å². The number of likely N-dealkylation sites (tertiary alicyclic amines) is 1. The monoisotopic (exact) mass is 302 g/mol. The van der Waals surface area contributed by atoms with E-state index in [-0.39, 0.29) is 17.9 Å². The smallest absolute Gasteiger partial charge is 0.242 e. The Kier molecular flexibility index (Phi) is 5.99. The van der Waals surface area contributed by atoms with E-state index in [2.05, 4.69) is 30.4 Å². The third-order valence-electron chi connectivity index (χ3n) is 4.14. The fraction of sp³-hybridized carbons (Fsp3) is 0.556. The first kappa shape index (κ1) is 16.5. The van der Waals surface area contributed by atoms with E-state index >= 15 is 0 Å². The van der Waals surface area contributed by atoms with Gasteiger partial charge in [0.25, 0.3) is 0 Å². The predicted octanol–water partition coefficient (Wildman–Crippen LogP) is 2.44. The van der Waals surface area contributed by atoms with Crippen molar-refractivity contribution in [2.45, 2.75) is 52.0 Å². The third kappa shape index (κ3) is 4.33. The average Bonchev–Trinajstić information content (AvgIpc) is 2.97. The summed E-state index contributed by atoms with van der Waals surface area (Å²) in [6.07, 6.45) is 3.89. The summed E-state index contributed by atoms with van der Waals surface area (Å²) in [6.45, 7) is 5.39. The van der Waals surface area contributed by atoms with Gasteiger partial charge in [-0.25, -0.2) is 0 Å². The van der Waals surface area contributed by atoms with Gasteiger partial charge in [-0.15, -0.1) is 0 Å². The minimum atomic E-state index is -0.267. The van der Waals surface area contributed by atoms with Crippen LogP contribution in [0.2, 0.25) is 0 Å². The van der Waals surface area contributed by atoms with Crippen LogP contribution >= 0.6 is 0 Å². The fourth-order valence-electron chi connectivity index (χ4n) is 3.01. The summed E-state index contributed by atoms with van der Waals surface area (Å²) in [7, 11) is 0. The van der Waals surface area contributed by atoms with Gasteiger partial charge in [-0.1, -0.05) is 36.8 Å². The molecule has 0 unspecified atom stereocenters. The Balaban J connectivity index is 1.82. The van der Waals surface area contributed by atoms with Crippen molar-refractivity contribution in [2.75, 3.05) is 13.1 Å². The molecule has 22 heavy (non-hydrogen) atoms. The standard InChI is InChI=1S/C18H26N2O2/c1-3-6-17(21)20-12-5-9-16(20)18(22)19-11-10-15-8-4-7-14(2)13-15/h4,7-8,13,16H,3,5-6,9-12H2,1-2H3,(H,19,22)/t16-/m1/s1. The minimum Gasteiger partial charge on any atom is -0.354 e.